The van der Waals surface area contributed by atoms with Gasteiger partial charge in [0.05, 0.1) is 11.6 Å². The largest absolute Gasteiger partial charge is 0.298 e. The molecule has 1 aromatic carbocycles. The molecular weight excluding hydrogens is 250 g/mol. The van der Waals surface area contributed by atoms with Crippen molar-refractivity contribution in [2.45, 2.75) is 25.3 Å². The number of nitrogens with one attached hydrogen (secondary N) is 1. The van der Waals surface area contributed by atoms with E-state index in [-0.39, 0.29) is 0 Å². The molecule has 0 bridgehead atoms. The summed E-state index contributed by atoms with van der Waals surface area (Å²) in [5.74, 6) is 1.39. The van der Waals surface area contributed by atoms with Crippen LogP contribution in [0.1, 0.15) is 35.7 Å². The fourth-order valence-corrected chi connectivity index (χ4v) is 2.84. The molecule has 1 aliphatic heterocycles. The Labute approximate surface area is 118 Å². The number of likely N-dealkylation sites (tertiary alicyclic amines) is 1. The van der Waals surface area contributed by atoms with Gasteiger partial charge in [-0.25, -0.2) is 4.98 Å². The summed E-state index contributed by atoms with van der Waals surface area (Å²) < 4.78 is 0. The zero-order chi connectivity index (χ0) is 13.8. The molecule has 2 heterocycles. The number of hydrogen-bond acceptors (Lipinski definition) is 4. The maximum absolute atomic E-state index is 9.16. The Hall–Kier alpha value is -2.19. The van der Waals surface area contributed by atoms with Crippen LogP contribution < -0.4 is 0 Å². The van der Waals surface area contributed by atoms with E-state index in [1.54, 1.807) is 6.33 Å². The van der Waals surface area contributed by atoms with Crippen molar-refractivity contribution in [2.75, 3.05) is 13.1 Å². The molecule has 102 valence electrons. The Morgan fingerprint density at radius 1 is 1.40 bits per heavy atom. The highest BCUT2D eigenvalue weighted by molar-refractivity contribution is 5.37. The molecule has 1 unspecified atom stereocenters. The third-order valence-corrected chi connectivity index (χ3v) is 3.86. The van der Waals surface area contributed by atoms with Gasteiger partial charge >= 0.3 is 0 Å². The number of rotatable bonds is 3. The first-order valence-electron chi connectivity index (χ1n) is 6.92. The van der Waals surface area contributed by atoms with Crippen LogP contribution in [-0.4, -0.2) is 33.2 Å². The van der Waals surface area contributed by atoms with Crippen LogP contribution in [0, 0.1) is 11.3 Å². The van der Waals surface area contributed by atoms with Crippen molar-refractivity contribution in [3.05, 3.63) is 47.5 Å². The highest BCUT2D eigenvalue weighted by atomic mass is 15.2. The van der Waals surface area contributed by atoms with Gasteiger partial charge in [-0.05, 0) is 31.0 Å². The number of aromatic nitrogens is 3. The molecule has 1 fully saturated rings. The maximum atomic E-state index is 9.16. The zero-order valence-corrected chi connectivity index (χ0v) is 11.3. The lowest BCUT2D eigenvalue weighted by atomic mass is 9.96. The molecule has 0 saturated carbocycles. The van der Waals surface area contributed by atoms with Gasteiger partial charge in [-0.15, -0.1) is 0 Å². The molecule has 2 aromatic rings. The first-order chi connectivity index (χ1) is 9.86. The summed E-state index contributed by atoms with van der Waals surface area (Å²) in [6.45, 7) is 2.87. The number of nitriles is 1. The molecule has 0 radical (unpaired) electrons. The van der Waals surface area contributed by atoms with Crippen molar-refractivity contribution in [3.63, 3.8) is 0 Å². The number of aromatic amines is 1. The molecule has 0 spiro atoms. The van der Waals surface area contributed by atoms with Gasteiger partial charge in [-0.3, -0.25) is 10.00 Å². The number of piperidine rings is 1. The van der Waals surface area contributed by atoms with Gasteiger partial charge in [0.1, 0.15) is 12.2 Å². The monoisotopic (exact) mass is 267 g/mol. The molecule has 0 amide bonds. The summed E-state index contributed by atoms with van der Waals surface area (Å²) in [5, 5.41) is 16.1. The summed E-state index contributed by atoms with van der Waals surface area (Å²) >= 11 is 0. The molecular formula is C15H17N5. The van der Waals surface area contributed by atoms with Crippen LogP contribution in [-0.2, 0) is 6.54 Å². The van der Waals surface area contributed by atoms with Crippen LogP contribution >= 0.6 is 0 Å². The van der Waals surface area contributed by atoms with Crippen LogP contribution in [0.15, 0.2) is 30.6 Å². The minimum absolute atomic E-state index is 0.417. The van der Waals surface area contributed by atoms with E-state index in [4.69, 9.17) is 5.26 Å². The molecule has 20 heavy (non-hydrogen) atoms. The van der Waals surface area contributed by atoms with Crippen LogP contribution in [0.5, 0.6) is 0 Å². The van der Waals surface area contributed by atoms with Crippen molar-refractivity contribution in [1.29, 1.82) is 5.26 Å². The Morgan fingerprint density at radius 2 is 2.30 bits per heavy atom. The standard InChI is InChI=1S/C15H17N5/c16-8-12-4-1-2-5-13(12)9-20-7-3-6-14(10-20)15-17-11-18-19-15/h1-2,4-5,11,14H,3,6-7,9-10H2,(H,17,18,19). The second-order valence-corrected chi connectivity index (χ2v) is 5.21. The lowest BCUT2D eigenvalue weighted by molar-refractivity contribution is 0.196. The second kappa shape index (κ2) is 5.85. The van der Waals surface area contributed by atoms with E-state index < -0.39 is 0 Å². The van der Waals surface area contributed by atoms with Gasteiger partial charge < -0.3 is 0 Å². The first kappa shape index (κ1) is 12.8. The minimum Gasteiger partial charge on any atom is -0.298 e. The van der Waals surface area contributed by atoms with Gasteiger partial charge in [0.2, 0.25) is 0 Å². The quantitative estimate of drug-likeness (QED) is 0.924. The predicted molar refractivity (Wildman–Crippen MR) is 74.8 cm³/mol. The Bertz CT molecular complexity index is 599. The van der Waals surface area contributed by atoms with Gasteiger partial charge in [0, 0.05) is 19.0 Å². The lowest BCUT2D eigenvalue weighted by Gasteiger charge is -2.31. The summed E-state index contributed by atoms with van der Waals surface area (Å²) in [6, 6.07) is 10.1. The van der Waals surface area contributed by atoms with Crippen molar-refractivity contribution >= 4 is 0 Å². The smallest absolute Gasteiger partial charge is 0.137 e. The normalized spacial score (nSPS) is 19.6. The number of H-pyrrole nitrogens is 1. The highest BCUT2D eigenvalue weighted by Crippen LogP contribution is 2.25. The van der Waals surface area contributed by atoms with E-state index in [1.807, 2.05) is 24.3 Å². The third-order valence-electron chi connectivity index (χ3n) is 3.86. The molecule has 3 rings (SSSR count). The lowest BCUT2D eigenvalue weighted by Crippen LogP contribution is -2.34. The van der Waals surface area contributed by atoms with Gasteiger partial charge in [0.25, 0.3) is 0 Å². The predicted octanol–water partition coefficient (Wildman–Crippen LogP) is 2.06. The highest BCUT2D eigenvalue weighted by Gasteiger charge is 2.23. The zero-order valence-electron chi connectivity index (χ0n) is 11.3. The summed E-state index contributed by atoms with van der Waals surface area (Å²) in [7, 11) is 0. The van der Waals surface area contributed by atoms with Gasteiger partial charge in [-0.2, -0.15) is 10.4 Å². The molecule has 1 aromatic heterocycles. The topological polar surface area (TPSA) is 68.6 Å². The number of hydrogen-bond donors (Lipinski definition) is 1. The fraction of sp³-hybridized carbons (Fsp3) is 0.400. The Morgan fingerprint density at radius 3 is 3.10 bits per heavy atom. The summed E-state index contributed by atoms with van der Waals surface area (Å²) in [6.07, 6.45) is 3.87. The van der Waals surface area contributed by atoms with E-state index in [1.165, 1.54) is 0 Å². The number of nitrogens with zero attached hydrogens (tertiary/aromatic N) is 4. The maximum Gasteiger partial charge on any atom is 0.137 e. The average molecular weight is 267 g/mol. The average Bonchev–Trinajstić information content (AvgIpc) is 3.02. The molecule has 5 nitrogen and oxygen atoms in total. The van der Waals surface area contributed by atoms with Crippen LogP contribution in [0.25, 0.3) is 0 Å². The fourth-order valence-electron chi connectivity index (χ4n) is 2.84. The van der Waals surface area contributed by atoms with E-state index in [9.17, 15) is 0 Å². The van der Waals surface area contributed by atoms with Gasteiger partial charge in [0.15, 0.2) is 0 Å². The molecule has 0 aliphatic carbocycles. The van der Waals surface area contributed by atoms with Crippen molar-refractivity contribution in [1.82, 2.24) is 20.1 Å². The number of benzene rings is 1. The van der Waals surface area contributed by atoms with Crippen molar-refractivity contribution in [2.24, 2.45) is 0 Å². The molecule has 1 N–H and O–H groups in total. The van der Waals surface area contributed by atoms with E-state index in [2.05, 4.69) is 26.2 Å². The van der Waals surface area contributed by atoms with Crippen LogP contribution in [0.3, 0.4) is 0 Å². The minimum atomic E-state index is 0.417. The van der Waals surface area contributed by atoms with E-state index in [0.29, 0.717) is 5.92 Å². The Balaban J connectivity index is 1.70. The first-order valence-corrected chi connectivity index (χ1v) is 6.92. The molecule has 1 saturated heterocycles. The molecule has 1 aliphatic rings. The second-order valence-electron chi connectivity index (χ2n) is 5.21. The molecule has 1 atom stereocenters. The molecule has 5 heteroatoms. The van der Waals surface area contributed by atoms with Crippen LogP contribution in [0.2, 0.25) is 0 Å². The van der Waals surface area contributed by atoms with Crippen LogP contribution in [0.4, 0.5) is 0 Å². The summed E-state index contributed by atoms with van der Waals surface area (Å²) in [4.78, 5) is 6.67. The van der Waals surface area contributed by atoms with E-state index in [0.717, 1.165) is 49.4 Å². The summed E-state index contributed by atoms with van der Waals surface area (Å²) in [5.41, 5.74) is 1.88. The van der Waals surface area contributed by atoms with Crippen molar-refractivity contribution < 1.29 is 0 Å². The van der Waals surface area contributed by atoms with E-state index >= 15 is 0 Å². The third kappa shape index (κ3) is 2.70. The van der Waals surface area contributed by atoms with Crippen molar-refractivity contribution in [3.8, 4) is 6.07 Å². The Kier molecular flexibility index (Phi) is 3.75. The SMILES string of the molecule is N#Cc1ccccc1CN1CCCC(c2ncn[nH]2)C1. The van der Waals surface area contributed by atoms with Gasteiger partial charge in [-0.1, -0.05) is 18.2 Å².